The monoisotopic (exact) mass is 437 g/mol. The minimum atomic E-state index is -0.548. The molecule has 2 amide bonds. The average Bonchev–Trinajstić information content (AvgIpc) is 3.32. The summed E-state index contributed by atoms with van der Waals surface area (Å²) in [6.45, 7) is 0.860. The van der Waals surface area contributed by atoms with Crippen molar-refractivity contribution in [2.45, 2.75) is 57.0 Å². The van der Waals surface area contributed by atoms with Gasteiger partial charge >= 0.3 is 0 Å². The first kappa shape index (κ1) is 21.9. The Balaban J connectivity index is 1.49. The van der Waals surface area contributed by atoms with Gasteiger partial charge < -0.3 is 26.6 Å². The van der Waals surface area contributed by atoms with E-state index in [-0.39, 0.29) is 11.9 Å². The van der Waals surface area contributed by atoms with Crippen LogP contribution in [0.2, 0.25) is 0 Å². The molecular formula is C23H31N7O2. The van der Waals surface area contributed by atoms with E-state index in [1.54, 1.807) is 7.05 Å². The first-order chi connectivity index (χ1) is 15.5. The predicted molar refractivity (Wildman–Crippen MR) is 125 cm³/mol. The largest absolute Gasteiger partial charge is 0.367 e. The van der Waals surface area contributed by atoms with E-state index in [1.165, 1.54) is 19.0 Å². The van der Waals surface area contributed by atoms with Crippen LogP contribution in [0.4, 0.5) is 23.1 Å². The zero-order chi connectivity index (χ0) is 22.5. The molecular weight excluding hydrogens is 406 g/mol. The van der Waals surface area contributed by atoms with Crippen LogP contribution in [0.5, 0.6) is 0 Å². The molecule has 1 saturated carbocycles. The summed E-state index contributed by atoms with van der Waals surface area (Å²) in [7, 11) is 1.68. The molecule has 1 aromatic carbocycles. The normalized spacial score (nSPS) is 18.9. The summed E-state index contributed by atoms with van der Waals surface area (Å²) < 4.78 is 0. The lowest BCUT2D eigenvalue weighted by Gasteiger charge is -2.36. The van der Waals surface area contributed by atoms with Gasteiger partial charge in [0, 0.05) is 37.2 Å². The highest BCUT2D eigenvalue weighted by molar-refractivity contribution is 5.97. The number of primary amides is 1. The van der Waals surface area contributed by atoms with E-state index in [4.69, 9.17) is 5.73 Å². The second kappa shape index (κ2) is 9.84. The molecule has 9 heteroatoms. The van der Waals surface area contributed by atoms with E-state index in [2.05, 4.69) is 30.8 Å². The Morgan fingerprint density at radius 3 is 2.47 bits per heavy atom. The number of likely N-dealkylation sites (N-methyl/N-ethyl adjacent to an activating group) is 1. The zero-order valence-corrected chi connectivity index (χ0v) is 18.4. The summed E-state index contributed by atoms with van der Waals surface area (Å²) in [5.74, 6) is 0.371. The fraction of sp³-hybridized carbons (Fsp3) is 0.478. The summed E-state index contributed by atoms with van der Waals surface area (Å²) >= 11 is 0. The van der Waals surface area contributed by atoms with Gasteiger partial charge in [0.25, 0.3) is 5.91 Å². The van der Waals surface area contributed by atoms with Crippen molar-refractivity contribution in [3.8, 4) is 0 Å². The molecule has 1 aliphatic carbocycles. The fourth-order valence-electron chi connectivity index (χ4n) is 4.54. The van der Waals surface area contributed by atoms with Gasteiger partial charge in [-0.3, -0.25) is 9.59 Å². The van der Waals surface area contributed by atoms with Gasteiger partial charge in [-0.15, -0.1) is 0 Å². The van der Waals surface area contributed by atoms with Crippen LogP contribution < -0.4 is 26.6 Å². The Kier molecular flexibility index (Phi) is 6.72. The van der Waals surface area contributed by atoms with Crippen LogP contribution in [0.1, 0.15) is 55.3 Å². The topological polar surface area (TPSA) is 125 Å². The highest BCUT2D eigenvalue weighted by Crippen LogP contribution is 2.28. The SMILES string of the molecule is CNC(=O)[C@@H]1CCCCN1c1ccc(Nc2ncc(C(N)=O)c(NC3CCCC3)n2)cc1. The van der Waals surface area contributed by atoms with Gasteiger partial charge in [-0.1, -0.05) is 12.8 Å². The molecule has 1 atom stereocenters. The van der Waals surface area contributed by atoms with Crippen LogP contribution in [0.15, 0.2) is 30.5 Å². The molecule has 0 unspecified atom stereocenters. The lowest BCUT2D eigenvalue weighted by Crippen LogP contribution is -2.48. The van der Waals surface area contributed by atoms with Crippen LogP contribution in [0.3, 0.4) is 0 Å². The molecule has 170 valence electrons. The lowest BCUT2D eigenvalue weighted by atomic mass is 10.0. The molecule has 1 aromatic heterocycles. The Morgan fingerprint density at radius 2 is 1.78 bits per heavy atom. The minimum Gasteiger partial charge on any atom is -0.367 e. The van der Waals surface area contributed by atoms with E-state index in [9.17, 15) is 9.59 Å². The third-order valence-corrected chi connectivity index (χ3v) is 6.26. The average molecular weight is 438 g/mol. The number of rotatable bonds is 7. The highest BCUT2D eigenvalue weighted by Gasteiger charge is 2.28. The maximum absolute atomic E-state index is 12.3. The number of hydrogen-bond acceptors (Lipinski definition) is 7. The number of nitrogens with two attached hydrogens (primary N) is 1. The van der Waals surface area contributed by atoms with Gasteiger partial charge in [-0.05, 0) is 56.4 Å². The number of anilines is 4. The predicted octanol–water partition coefficient (Wildman–Crippen LogP) is 2.78. The maximum atomic E-state index is 12.3. The van der Waals surface area contributed by atoms with Gasteiger partial charge in [0.2, 0.25) is 11.9 Å². The van der Waals surface area contributed by atoms with Gasteiger partial charge in [0.05, 0.1) is 5.56 Å². The van der Waals surface area contributed by atoms with Crippen molar-refractivity contribution < 1.29 is 9.59 Å². The molecule has 2 aliphatic rings. The van der Waals surface area contributed by atoms with Crippen molar-refractivity contribution in [3.63, 3.8) is 0 Å². The molecule has 1 saturated heterocycles. The van der Waals surface area contributed by atoms with Crippen LogP contribution in [0.25, 0.3) is 0 Å². The van der Waals surface area contributed by atoms with Gasteiger partial charge in [0.15, 0.2) is 0 Å². The van der Waals surface area contributed by atoms with Gasteiger partial charge in [-0.25, -0.2) is 4.98 Å². The summed E-state index contributed by atoms with van der Waals surface area (Å²) in [5.41, 5.74) is 7.64. The molecule has 0 bridgehead atoms. The van der Waals surface area contributed by atoms with E-state index in [0.717, 1.165) is 50.0 Å². The molecule has 9 nitrogen and oxygen atoms in total. The Bertz CT molecular complexity index is 957. The number of carbonyl (C=O) groups excluding carboxylic acids is 2. The number of nitrogens with one attached hydrogen (secondary N) is 3. The summed E-state index contributed by atoms with van der Waals surface area (Å²) in [5, 5.41) is 9.33. The fourth-order valence-corrected chi connectivity index (χ4v) is 4.54. The van der Waals surface area contributed by atoms with Crippen LogP contribution in [-0.4, -0.2) is 47.5 Å². The first-order valence-corrected chi connectivity index (χ1v) is 11.3. The number of nitrogens with zero attached hydrogens (tertiary/aromatic N) is 3. The van der Waals surface area contributed by atoms with Crippen LogP contribution in [-0.2, 0) is 4.79 Å². The number of carbonyl (C=O) groups is 2. The summed E-state index contributed by atoms with van der Waals surface area (Å²) in [6.07, 6.45) is 8.91. The quantitative estimate of drug-likeness (QED) is 0.525. The number of hydrogen-bond donors (Lipinski definition) is 4. The number of aromatic nitrogens is 2. The summed E-state index contributed by atoms with van der Waals surface area (Å²) in [6, 6.07) is 8.05. The molecule has 2 fully saturated rings. The lowest BCUT2D eigenvalue weighted by molar-refractivity contribution is -0.122. The van der Waals surface area contributed by atoms with Crippen molar-refractivity contribution in [2.24, 2.45) is 5.73 Å². The van der Waals surface area contributed by atoms with Crippen molar-refractivity contribution >= 4 is 35.0 Å². The molecule has 2 heterocycles. The van der Waals surface area contributed by atoms with Crippen LogP contribution in [0, 0.1) is 0 Å². The molecule has 5 N–H and O–H groups in total. The minimum absolute atomic E-state index is 0.0529. The van der Waals surface area contributed by atoms with Crippen molar-refractivity contribution in [2.75, 3.05) is 29.1 Å². The van der Waals surface area contributed by atoms with Crippen LogP contribution >= 0.6 is 0 Å². The standard InChI is InChI=1S/C23H31N7O2/c1-25-22(32)19-8-4-5-13-30(19)17-11-9-16(10-12-17)28-23-26-14-18(20(24)31)21(29-23)27-15-6-2-3-7-15/h9-12,14-15,19H,2-8,13H2,1H3,(H2,24,31)(H,25,32)(H2,26,27,28,29)/t19-/m0/s1. The molecule has 0 radical (unpaired) electrons. The highest BCUT2D eigenvalue weighted by atomic mass is 16.2. The van der Waals surface area contributed by atoms with Crippen molar-refractivity contribution in [1.29, 1.82) is 0 Å². The summed E-state index contributed by atoms with van der Waals surface area (Å²) in [4.78, 5) is 35.0. The smallest absolute Gasteiger partial charge is 0.254 e. The Hall–Kier alpha value is -3.36. The van der Waals surface area contributed by atoms with E-state index in [0.29, 0.717) is 23.4 Å². The third-order valence-electron chi connectivity index (χ3n) is 6.26. The molecule has 0 spiro atoms. The number of amides is 2. The second-order valence-electron chi connectivity index (χ2n) is 8.44. The Labute approximate surface area is 188 Å². The zero-order valence-electron chi connectivity index (χ0n) is 18.4. The first-order valence-electron chi connectivity index (χ1n) is 11.3. The number of piperidine rings is 1. The molecule has 32 heavy (non-hydrogen) atoms. The van der Waals surface area contributed by atoms with E-state index in [1.807, 2.05) is 24.3 Å². The van der Waals surface area contributed by atoms with Gasteiger partial charge in [0.1, 0.15) is 11.9 Å². The molecule has 1 aliphatic heterocycles. The van der Waals surface area contributed by atoms with Crippen molar-refractivity contribution in [1.82, 2.24) is 15.3 Å². The van der Waals surface area contributed by atoms with E-state index < -0.39 is 5.91 Å². The van der Waals surface area contributed by atoms with E-state index >= 15 is 0 Å². The molecule has 4 rings (SSSR count). The van der Waals surface area contributed by atoms with Gasteiger partial charge in [-0.2, -0.15) is 4.98 Å². The van der Waals surface area contributed by atoms with Crippen molar-refractivity contribution in [3.05, 3.63) is 36.0 Å². The Morgan fingerprint density at radius 1 is 1.06 bits per heavy atom. The maximum Gasteiger partial charge on any atom is 0.254 e. The molecule has 2 aromatic rings. The third kappa shape index (κ3) is 4.92. The second-order valence-corrected chi connectivity index (χ2v) is 8.44. The number of benzene rings is 1.